The van der Waals surface area contributed by atoms with Crippen LogP contribution in [0.3, 0.4) is 0 Å². The summed E-state index contributed by atoms with van der Waals surface area (Å²) in [6, 6.07) is 33.2. The number of carbonyl (C=O) groups is 1. The summed E-state index contributed by atoms with van der Waals surface area (Å²) in [4.78, 5) is 35.0. The van der Waals surface area contributed by atoms with Gasteiger partial charge in [-0.1, -0.05) is 91.0 Å². The minimum absolute atomic E-state index is 0.101. The molecule has 4 aromatic carbocycles. The van der Waals surface area contributed by atoms with Crippen LogP contribution in [0.15, 0.2) is 126 Å². The predicted octanol–water partition coefficient (Wildman–Crippen LogP) is 7.30. The molecule has 0 unspecified atom stereocenters. The maximum atomic E-state index is 15.0. The fourth-order valence-corrected chi connectivity index (χ4v) is 6.64. The Bertz CT molecular complexity index is 2100. The van der Waals surface area contributed by atoms with E-state index in [1.54, 1.807) is 15.5 Å². The fraction of sp³-hybridized carbons (Fsp3) is 0.205. The van der Waals surface area contributed by atoms with Crippen LogP contribution < -0.4 is 10.4 Å². The summed E-state index contributed by atoms with van der Waals surface area (Å²) < 4.78 is 63.1. The normalized spacial score (nSPS) is 13.3. The van der Waals surface area contributed by atoms with Crippen LogP contribution in [0.1, 0.15) is 28.7 Å². The Labute approximate surface area is 285 Å². The molecule has 1 aliphatic heterocycles. The predicted molar refractivity (Wildman–Crippen MR) is 182 cm³/mol. The van der Waals surface area contributed by atoms with Crippen molar-refractivity contribution in [2.45, 2.75) is 24.7 Å². The minimum Gasteiger partial charge on any atom is -0.491 e. The highest BCUT2D eigenvalue weighted by atomic mass is 19.4. The van der Waals surface area contributed by atoms with Gasteiger partial charge in [0.25, 0.3) is 0 Å². The number of pyridine rings is 1. The third-order valence-corrected chi connectivity index (χ3v) is 9.10. The lowest BCUT2D eigenvalue weighted by Crippen LogP contribution is -2.47. The second-order valence-corrected chi connectivity index (χ2v) is 12.1. The van der Waals surface area contributed by atoms with E-state index >= 15 is 4.79 Å². The summed E-state index contributed by atoms with van der Waals surface area (Å²) in [5.41, 5.74) is 0.328. The summed E-state index contributed by atoms with van der Waals surface area (Å²) in [7, 11) is 0. The second kappa shape index (κ2) is 13.3. The number of carbonyl (C=O) groups excluding carboxylic acids is 1. The number of nitrogens with zero attached hydrogens (tertiary/aromatic N) is 4. The number of hydrogen-bond acceptors (Lipinski definition) is 4. The van der Waals surface area contributed by atoms with Gasteiger partial charge in [0.15, 0.2) is 5.65 Å². The molecule has 3 heterocycles. The Balaban J connectivity index is 1.54. The van der Waals surface area contributed by atoms with Crippen LogP contribution in [-0.2, 0) is 23.1 Å². The molecule has 0 saturated carbocycles. The van der Waals surface area contributed by atoms with Crippen molar-refractivity contribution in [1.29, 1.82) is 0 Å². The number of imidazole rings is 1. The molecule has 0 radical (unpaired) electrons. The Kier molecular flexibility index (Phi) is 8.73. The van der Waals surface area contributed by atoms with Crippen LogP contribution in [0.2, 0.25) is 0 Å². The standard InChI is InChI=1S/C39H32F4N4O3/c40-17-20-50-33-22-27(21-32(24-33)39(41,42)43)28-23-34-36(44-25-28)47(37(49)46(34)26-35(48)45-18-10-19-45)38(29-11-4-1-5-12-29,30-13-6-2-7-14-30)31-15-8-3-9-16-31/h1-9,11-16,21-25H,10,17-20,26H2. The molecular weight excluding hydrogens is 648 g/mol. The molecule has 254 valence electrons. The van der Waals surface area contributed by atoms with Crippen molar-refractivity contribution in [2.24, 2.45) is 0 Å². The van der Waals surface area contributed by atoms with E-state index < -0.39 is 36.2 Å². The van der Waals surface area contributed by atoms with Crippen LogP contribution in [0.5, 0.6) is 5.75 Å². The van der Waals surface area contributed by atoms with Crippen molar-refractivity contribution in [1.82, 2.24) is 19.0 Å². The highest BCUT2D eigenvalue weighted by Gasteiger charge is 2.42. The van der Waals surface area contributed by atoms with Gasteiger partial charge in [0, 0.05) is 24.8 Å². The lowest BCUT2D eigenvalue weighted by Gasteiger charge is -2.37. The summed E-state index contributed by atoms with van der Waals surface area (Å²) in [6.07, 6.45) is -2.45. The van der Waals surface area contributed by atoms with Gasteiger partial charge in [0.05, 0.1) is 11.1 Å². The number of halogens is 4. The van der Waals surface area contributed by atoms with E-state index in [9.17, 15) is 22.4 Å². The lowest BCUT2D eigenvalue weighted by atomic mass is 9.76. The molecule has 1 amide bonds. The number of likely N-dealkylation sites (tertiary alicyclic amines) is 1. The Morgan fingerprint density at radius 3 is 1.84 bits per heavy atom. The average molecular weight is 681 g/mol. The molecular formula is C39H32F4N4O3. The van der Waals surface area contributed by atoms with Crippen molar-refractivity contribution < 1.29 is 27.1 Å². The zero-order valence-electron chi connectivity index (χ0n) is 26.8. The molecule has 7 nitrogen and oxygen atoms in total. The first-order valence-electron chi connectivity index (χ1n) is 16.2. The van der Waals surface area contributed by atoms with Crippen molar-refractivity contribution >= 4 is 17.1 Å². The largest absolute Gasteiger partial charge is 0.491 e. The molecule has 50 heavy (non-hydrogen) atoms. The number of amides is 1. The minimum atomic E-state index is -4.71. The maximum Gasteiger partial charge on any atom is 0.416 e. The van der Waals surface area contributed by atoms with E-state index in [4.69, 9.17) is 9.72 Å². The zero-order valence-corrected chi connectivity index (χ0v) is 26.8. The second-order valence-electron chi connectivity index (χ2n) is 12.1. The number of fused-ring (bicyclic) bond motifs is 1. The number of benzene rings is 4. The highest BCUT2D eigenvalue weighted by Crippen LogP contribution is 2.42. The number of rotatable bonds is 10. The van der Waals surface area contributed by atoms with Crippen molar-refractivity contribution in [2.75, 3.05) is 26.4 Å². The first-order valence-corrected chi connectivity index (χ1v) is 16.2. The van der Waals surface area contributed by atoms with Gasteiger partial charge in [-0.2, -0.15) is 13.2 Å². The van der Waals surface area contributed by atoms with Crippen LogP contribution in [0, 0.1) is 0 Å². The summed E-state index contributed by atoms with van der Waals surface area (Å²) in [5, 5.41) is 0. The molecule has 11 heteroatoms. The van der Waals surface area contributed by atoms with E-state index in [-0.39, 0.29) is 40.5 Å². The molecule has 0 bridgehead atoms. The summed E-state index contributed by atoms with van der Waals surface area (Å²) >= 11 is 0. The third kappa shape index (κ3) is 5.82. The number of aromatic nitrogens is 3. The van der Waals surface area contributed by atoms with E-state index in [1.807, 2.05) is 91.0 Å². The van der Waals surface area contributed by atoms with Gasteiger partial charge in [0.2, 0.25) is 5.91 Å². The number of ether oxygens (including phenoxy) is 1. The number of alkyl halides is 4. The molecule has 0 spiro atoms. The van der Waals surface area contributed by atoms with Gasteiger partial charge in [-0.25, -0.2) is 14.2 Å². The Morgan fingerprint density at radius 1 is 0.760 bits per heavy atom. The smallest absolute Gasteiger partial charge is 0.416 e. The van der Waals surface area contributed by atoms with Crippen molar-refractivity contribution in [3.63, 3.8) is 0 Å². The van der Waals surface area contributed by atoms with E-state index in [1.165, 1.54) is 16.8 Å². The van der Waals surface area contributed by atoms with E-state index in [0.29, 0.717) is 13.1 Å². The zero-order chi connectivity index (χ0) is 34.9. The van der Waals surface area contributed by atoms with Gasteiger partial charge in [0.1, 0.15) is 31.1 Å². The highest BCUT2D eigenvalue weighted by molar-refractivity contribution is 5.83. The number of hydrogen-bond donors (Lipinski definition) is 0. The van der Waals surface area contributed by atoms with E-state index in [2.05, 4.69) is 0 Å². The molecule has 2 aromatic heterocycles. The lowest BCUT2D eigenvalue weighted by molar-refractivity contribution is -0.137. The molecule has 6 aromatic rings. The molecule has 1 fully saturated rings. The molecule has 1 aliphatic rings. The van der Waals surface area contributed by atoms with Gasteiger partial charge in [-0.15, -0.1) is 0 Å². The molecule has 0 atom stereocenters. The summed E-state index contributed by atoms with van der Waals surface area (Å²) in [5.74, 6) is -0.416. The Morgan fingerprint density at radius 2 is 1.34 bits per heavy atom. The van der Waals surface area contributed by atoms with E-state index in [0.717, 1.165) is 35.2 Å². The Hall–Kier alpha value is -5.71. The molecule has 7 rings (SSSR count). The topological polar surface area (TPSA) is 69.4 Å². The van der Waals surface area contributed by atoms with Crippen LogP contribution in [0.4, 0.5) is 17.6 Å². The molecule has 0 aliphatic carbocycles. The molecule has 0 N–H and O–H groups in total. The third-order valence-electron chi connectivity index (χ3n) is 9.10. The van der Waals surface area contributed by atoms with Gasteiger partial charge < -0.3 is 9.64 Å². The van der Waals surface area contributed by atoms with Gasteiger partial charge in [-0.3, -0.25) is 13.9 Å². The quantitative estimate of drug-likeness (QED) is 0.113. The van der Waals surface area contributed by atoms with Gasteiger partial charge >= 0.3 is 11.9 Å². The SMILES string of the molecule is O=C(Cn1c(=O)n(C(c2ccccc2)(c2ccccc2)c2ccccc2)c2ncc(-c3cc(OCCF)cc(C(F)(F)F)c3)cc21)N1CCC1. The fourth-order valence-electron chi connectivity index (χ4n) is 6.64. The maximum absolute atomic E-state index is 15.0. The van der Waals surface area contributed by atoms with Crippen LogP contribution in [0.25, 0.3) is 22.3 Å². The first-order chi connectivity index (χ1) is 24.2. The first kappa shape index (κ1) is 32.8. The average Bonchev–Trinajstić information content (AvgIpc) is 3.38. The van der Waals surface area contributed by atoms with Crippen molar-refractivity contribution in [3.05, 3.63) is 154 Å². The van der Waals surface area contributed by atoms with Gasteiger partial charge in [-0.05, 0) is 52.9 Å². The molecule has 1 saturated heterocycles. The monoisotopic (exact) mass is 680 g/mol. The van der Waals surface area contributed by atoms with Crippen LogP contribution >= 0.6 is 0 Å². The van der Waals surface area contributed by atoms with Crippen LogP contribution in [-0.4, -0.2) is 51.3 Å². The van der Waals surface area contributed by atoms with Crippen molar-refractivity contribution in [3.8, 4) is 16.9 Å². The summed E-state index contributed by atoms with van der Waals surface area (Å²) in [6.45, 7) is -0.446.